The van der Waals surface area contributed by atoms with Crippen LogP contribution in [-0.4, -0.2) is 31.3 Å². The lowest BCUT2D eigenvalue weighted by Gasteiger charge is -2.06. The van der Waals surface area contributed by atoms with Gasteiger partial charge in [-0.15, -0.1) is 10.2 Å². The number of nitrogens with one attached hydrogen (secondary N) is 1. The smallest absolute Gasteiger partial charge is 0.263 e. The molecule has 10 heteroatoms. The fourth-order valence-corrected chi connectivity index (χ4v) is 2.47. The zero-order valence-corrected chi connectivity index (χ0v) is 13.3. The molecular weight excluding hydrogens is 396 g/mol. The normalized spacial score (nSPS) is 11.2. The summed E-state index contributed by atoms with van der Waals surface area (Å²) in [6.07, 6.45) is 1.36. The van der Waals surface area contributed by atoms with Gasteiger partial charge < -0.3 is 16.1 Å². The molecule has 1 aromatic heterocycles. The van der Waals surface area contributed by atoms with Crippen LogP contribution in [-0.2, 0) is 0 Å². The van der Waals surface area contributed by atoms with E-state index < -0.39 is 0 Å². The number of rotatable bonds is 3. The largest absolute Gasteiger partial charge is 0.506 e. The summed E-state index contributed by atoms with van der Waals surface area (Å²) < 4.78 is 1.83. The number of benzene rings is 1. The van der Waals surface area contributed by atoms with Crippen molar-refractivity contribution in [3.8, 4) is 11.5 Å². The van der Waals surface area contributed by atoms with Crippen LogP contribution in [0.5, 0.6) is 11.5 Å². The summed E-state index contributed by atoms with van der Waals surface area (Å²) in [5, 5.41) is 30.9. The predicted octanol–water partition coefficient (Wildman–Crippen LogP) is 1.68. The van der Waals surface area contributed by atoms with Crippen LogP contribution in [0.25, 0.3) is 0 Å². The molecule has 1 heterocycles. The first kappa shape index (κ1) is 14.6. The molecule has 0 fully saturated rings. The van der Waals surface area contributed by atoms with Crippen molar-refractivity contribution >= 4 is 44.0 Å². The number of aryl methyl sites for hydroxylation is 1. The van der Waals surface area contributed by atoms with Crippen molar-refractivity contribution in [3.63, 3.8) is 0 Å². The van der Waals surface area contributed by atoms with E-state index in [2.05, 4.69) is 52.6 Å². The summed E-state index contributed by atoms with van der Waals surface area (Å²) in [5.41, 5.74) is 2.98. The average molecular weight is 406 g/mol. The molecule has 0 saturated carbocycles. The standard InChI is InChI=1S/C10H10Br2N6O2/c1-4-15-17-10(18(4)13)16-14-3-5-2-6(11)9(20)7(12)8(5)19/h2-3,19-20H,13H2,1H3,(H,16,17)/b14-3-. The first-order valence-electron chi connectivity index (χ1n) is 5.28. The highest BCUT2D eigenvalue weighted by molar-refractivity contribution is 9.11. The monoisotopic (exact) mass is 404 g/mol. The van der Waals surface area contributed by atoms with Gasteiger partial charge in [-0.05, 0) is 44.8 Å². The van der Waals surface area contributed by atoms with E-state index in [0.717, 1.165) is 0 Å². The zero-order chi connectivity index (χ0) is 14.9. The van der Waals surface area contributed by atoms with Gasteiger partial charge in [-0.1, -0.05) is 0 Å². The number of hydrogen-bond donors (Lipinski definition) is 4. The number of phenols is 2. The minimum absolute atomic E-state index is 0.0927. The lowest BCUT2D eigenvalue weighted by atomic mass is 10.2. The van der Waals surface area contributed by atoms with E-state index in [1.54, 1.807) is 6.92 Å². The molecule has 2 aromatic rings. The molecule has 0 atom stereocenters. The highest BCUT2D eigenvalue weighted by atomic mass is 79.9. The Bertz CT molecular complexity index is 685. The number of phenolic OH excluding ortho intramolecular Hbond substituents is 2. The first-order valence-corrected chi connectivity index (χ1v) is 6.86. The van der Waals surface area contributed by atoms with E-state index in [1.807, 2.05) is 0 Å². The van der Waals surface area contributed by atoms with E-state index >= 15 is 0 Å². The maximum absolute atomic E-state index is 9.85. The van der Waals surface area contributed by atoms with Gasteiger partial charge >= 0.3 is 0 Å². The number of nitrogen functional groups attached to an aromatic ring is 1. The Hall–Kier alpha value is -1.81. The highest BCUT2D eigenvalue weighted by Gasteiger charge is 2.12. The van der Waals surface area contributed by atoms with Gasteiger partial charge in [0.1, 0.15) is 16.0 Å². The molecule has 5 N–H and O–H groups in total. The number of halogens is 2. The quantitative estimate of drug-likeness (QED) is 0.350. The molecule has 0 bridgehead atoms. The molecule has 0 aliphatic heterocycles. The van der Waals surface area contributed by atoms with E-state index in [-0.39, 0.29) is 21.9 Å². The fraction of sp³-hybridized carbons (Fsp3) is 0.100. The predicted molar refractivity (Wildman–Crippen MR) is 81.3 cm³/mol. The molecule has 106 valence electrons. The number of hydrogen-bond acceptors (Lipinski definition) is 7. The Labute approximate surface area is 130 Å². The van der Waals surface area contributed by atoms with Gasteiger partial charge in [-0.2, -0.15) is 5.10 Å². The van der Waals surface area contributed by atoms with Gasteiger partial charge in [0.2, 0.25) is 0 Å². The molecule has 0 unspecified atom stereocenters. The molecule has 1 aromatic carbocycles. The Morgan fingerprint density at radius 2 is 2.05 bits per heavy atom. The Morgan fingerprint density at radius 1 is 1.35 bits per heavy atom. The number of nitrogens with zero attached hydrogens (tertiary/aromatic N) is 4. The number of anilines is 1. The summed E-state index contributed by atoms with van der Waals surface area (Å²) in [6.45, 7) is 1.70. The van der Waals surface area contributed by atoms with Crippen LogP contribution in [0.4, 0.5) is 5.95 Å². The van der Waals surface area contributed by atoms with Crippen molar-refractivity contribution < 1.29 is 10.2 Å². The zero-order valence-electron chi connectivity index (χ0n) is 10.2. The third kappa shape index (κ3) is 2.70. The highest BCUT2D eigenvalue weighted by Crippen LogP contribution is 2.40. The second-order valence-electron chi connectivity index (χ2n) is 3.77. The van der Waals surface area contributed by atoms with E-state index in [1.165, 1.54) is 17.0 Å². The van der Waals surface area contributed by atoms with Crippen LogP contribution in [0, 0.1) is 6.92 Å². The minimum Gasteiger partial charge on any atom is -0.506 e. The topological polar surface area (TPSA) is 122 Å². The summed E-state index contributed by atoms with van der Waals surface area (Å²) in [4.78, 5) is 0. The van der Waals surface area contributed by atoms with Crippen molar-refractivity contribution in [1.82, 2.24) is 14.9 Å². The number of nitrogens with two attached hydrogens (primary N) is 1. The molecular formula is C10H10Br2N6O2. The molecule has 0 amide bonds. The van der Waals surface area contributed by atoms with Crippen LogP contribution < -0.4 is 11.3 Å². The van der Waals surface area contributed by atoms with Crippen LogP contribution in [0.15, 0.2) is 20.1 Å². The van der Waals surface area contributed by atoms with Gasteiger partial charge in [0.15, 0.2) is 5.82 Å². The maximum Gasteiger partial charge on any atom is 0.263 e. The van der Waals surface area contributed by atoms with Crippen LogP contribution in [0.3, 0.4) is 0 Å². The summed E-state index contributed by atoms with van der Waals surface area (Å²) in [7, 11) is 0. The Balaban J connectivity index is 2.22. The first-order chi connectivity index (χ1) is 9.41. The van der Waals surface area contributed by atoms with Crippen molar-refractivity contribution in [1.29, 1.82) is 0 Å². The lowest BCUT2D eigenvalue weighted by molar-refractivity contribution is 0.442. The molecule has 0 spiro atoms. The molecule has 2 rings (SSSR count). The second-order valence-corrected chi connectivity index (χ2v) is 5.42. The maximum atomic E-state index is 9.85. The SMILES string of the molecule is Cc1nnc(N/N=C\c2cc(Br)c(O)c(Br)c2O)n1N. The number of aromatic nitrogens is 3. The molecule has 0 aliphatic carbocycles. The summed E-state index contributed by atoms with van der Waals surface area (Å²) >= 11 is 6.24. The summed E-state index contributed by atoms with van der Waals surface area (Å²) in [6, 6.07) is 1.51. The average Bonchev–Trinajstić information content (AvgIpc) is 2.74. The van der Waals surface area contributed by atoms with Gasteiger partial charge in [-0.3, -0.25) is 0 Å². The van der Waals surface area contributed by atoms with Crippen molar-refractivity contribution in [2.24, 2.45) is 5.10 Å². The lowest BCUT2D eigenvalue weighted by Crippen LogP contribution is -2.13. The van der Waals surface area contributed by atoms with Crippen LogP contribution in [0.2, 0.25) is 0 Å². The minimum atomic E-state index is -0.137. The van der Waals surface area contributed by atoms with E-state index in [4.69, 9.17) is 5.84 Å². The molecule has 0 saturated heterocycles. The van der Waals surface area contributed by atoms with Crippen molar-refractivity contribution in [3.05, 3.63) is 26.4 Å². The van der Waals surface area contributed by atoms with Crippen molar-refractivity contribution in [2.75, 3.05) is 11.3 Å². The van der Waals surface area contributed by atoms with Crippen LogP contribution in [0.1, 0.15) is 11.4 Å². The Morgan fingerprint density at radius 3 is 2.65 bits per heavy atom. The Kier molecular flexibility index (Phi) is 4.14. The number of hydrazone groups is 1. The molecule has 8 nitrogen and oxygen atoms in total. The third-order valence-corrected chi connectivity index (χ3v) is 3.79. The molecule has 20 heavy (non-hydrogen) atoms. The second kappa shape index (κ2) is 5.67. The number of aromatic hydroxyl groups is 2. The van der Waals surface area contributed by atoms with Gasteiger partial charge in [-0.25, -0.2) is 10.1 Å². The third-order valence-electron chi connectivity index (χ3n) is 2.43. The van der Waals surface area contributed by atoms with Gasteiger partial charge in [0.05, 0.1) is 10.7 Å². The fourth-order valence-electron chi connectivity index (χ4n) is 1.32. The molecule has 0 aliphatic rings. The summed E-state index contributed by atoms with van der Waals surface area (Å²) in [5.74, 6) is 6.20. The molecule has 0 radical (unpaired) electrons. The van der Waals surface area contributed by atoms with Crippen molar-refractivity contribution in [2.45, 2.75) is 6.92 Å². The van der Waals surface area contributed by atoms with Crippen LogP contribution >= 0.6 is 31.9 Å². The van der Waals surface area contributed by atoms with Gasteiger partial charge in [0.25, 0.3) is 5.95 Å². The van der Waals surface area contributed by atoms with E-state index in [9.17, 15) is 10.2 Å². The van der Waals surface area contributed by atoms with E-state index in [0.29, 0.717) is 15.9 Å². The van der Waals surface area contributed by atoms with Gasteiger partial charge in [0, 0.05) is 5.56 Å².